The van der Waals surface area contributed by atoms with Crippen LogP contribution >= 0.6 is 11.6 Å². The first kappa shape index (κ1) is 26.3. The molecule has 1 atom stereocenters. The largest absolute Gasteiger partial charge is 0.493 e. The molecular formula is C29H28ClF2N3O3. The number of alkyl halides is 2. The Hall–Kier alpha value is -3.36. The molecule has 198 valence electrons. The number of ether oxygens (including phenoxy) is 1. The lowest BCUT2D eigenvalue weighted by atomic mass is 9.73. The van der Waals surface area contributed by atoms with Crippen LogP contribution in [0.2, 0.25) is 5.02 Å². The van der Waals surface area contributed by atoms with Crippen LogP contribution in [0.25, 0.3) is 22.2 Å². The number of hydrogen-bond acceptors (Lipinski definition) is 5. The summed E-state index contributed by atoms with van der Waals surface area (Å²) in [6, 6.07) is 11.3. The summed E-state index contributed by atoms with van der Waals surface area (Å²) in [7, 11) is 0. The van der Waals surface area contributed by atoms with E-state index in [4.69, 9.17) is 16.3 Å². The van der Waals surface area contributed by atoms with E-state index in [-0.39, 0.29) is 16.8 Å². The zero-order valence-corrected chi connectivity index (χ0v) is 22.1. The molecular weight excluding hydrogens is 512 g/mol. The first-order valence-corrected chi connectivity index (χ1v) is 12.7. The molecule has 1 aromatic carbocycles. The second kappa shape index (κ2) is 9.75. The Labute approximate surface area is 223 Å². The second-order valence-corrected chi connectivity index (χ2v) is 11.0. The number of benzene rings is 1. The van der Waals surface area contributed by atoms with Gasteiger partial charge in [-0.05, 0) is 54.7 Å². The average molecular weight is 540 g/mol. The molecule has 0 aliphatic carbocycles. The van der Waals surface area contributed by atoms with Crippen LogP contribution in [0.3, 0.4) is 0 Å². The van der Waals surface area contributed by atoms with Crippen molar-refractivity contribution in [3.8, 4) is 17.0 Å². The smallest absolute Gasteiger partial charge is 0.268 e. The maximum Gasteiger partial charge on any atom is 0.268 e. The highest BCUT2D eigenvalue weighted by Gasteiger charge is 2.45. The molecule has 38 heavy (non-hydrogen) atoms. The van der Waals surface area contributed by atoms with Crippen LogP contribution in [0.15, 0.2) is 59.8 Å². The molecule has 0 amide bonds. The Morgan fingerprint density at radius 2 is 2.03 bits per heavy atom. The van der Waals surface area contributed by atoms with Crippen LogP contribution in [0.5, 0.6) is 5.75 Å². The van der Waals surface area contributed by atoms with E-state index in [2.05, 4.69) is 9.97 Å². The minimum Gasteiger partial charge on any atom is -0.493 e. The van der Waals surface area contributed by atoms with Gasteiger partial charge in [0.05, 0.1) is 29.7 Å². The Morgan fingerprint density at radius 1 is 1.24 bits per heavy atom. The monoisotopic (exact) mass is 539 g/mol. The normalized spacial score (nSPS) is 14.9. The summed E-state index contributed by atoms with van der Waals surface area (Å²) in [6.07, 6.45) is 1.44. The topological polar surface area (TPSA) is 77.2 Å². The Morgan fingerprint density at radius 3 is 2.76 bits per heavy atom. The van der Waals surface area contributed by atoms with Gasteiger partial charge < -0.3 is 14.4 Å². The van der Waals surface area contributed by atoms with Crippen molar-refractivity contribution < 1.29 is 18.6 Å². The fraction of sp³-hybridized carbons (Fsp3) is 0.345. The van der Waals surface area contributed by atoms with E-state index in [0.29, 0.717) is 24.3 Å². The Bertz CT molecular complexity index is 1590. The van der Waals surface area contributed by atoms with Gasteiger partial charge in [0, 0.05) is 41.8 Å². The van der Waals surface area contributed by atoms with Gasteiger partial charge in [-0.1, -0.05) is 31.5 Å². The number of hydrogen-bond donors (Lipinski definition) is 1. The van der Waals surface area contributed by atoms with Crippen LogP contribution in [0, 0.1) is 6.92 Å². The molecule has 0 bridgehead atoms. The molecule has 1 N–H and O–H groups in total. The summed E-state index contributed by atoms with van der Waals surface area (Å²) in [5.41, 5.74) is 0.799. The number of rotatable bonds is 7. The third-order valence-electron chi connectivity index (χ3n) is 7.13. The van der Waals surface area contributed by atoms with Gasteiger partial charge in [0.1, 0.15) is 16.4 Å². The lowest BCUT2D eigenvalue weighted by molar-refractivity contribution is -0.120. The van der Waals surface area contributed by atoms with Gasteiger partial charge in [0.15, 0.2) is 0 Å². The van der Waals surface area contributed by atoms with Crippen molar-refractivity contribution in [3.63, 3.8) is 0 Å². The van der Waals surface area contributed by atoms with Crippen LogP contribution in [0.1, 0.15) is 37.1 Å². The molecule has 0 saturated carbocycles. The van der Waals surface area contributed by atoms with E-state index in [0.717, 1.165) is 28.1 Å². The predicted molar refractivity (Wildman–Crippen MR) is 143 cm³/mol. The number of aryl methyl sites for hydroxylation is 1. The third kappa shape index (κ3) is 4.78. The van der Waals surface area contributed by atoms with E-state index in [1.165, 1.54) is 23.2 Å². The zero-order chi connectivity index (χ0) is 27.2. The highest BCUT2D eigenvalue weighted by molar-refractivity contribution is 6.31. The fourth-order valence-electron chi connectivity index (χ4n) is 5.36. The van der Waals surface area contributed by atoms with E-state index >= 15 is 0 Å². The Balaban J connectivity index is 1.57. The summed E-state index contributed by atoms with van der Waals surface area (Å²) < 4.78 is 36.6. The SMILES string of the molecule is Cc1cccc(-c2cc3c(c(C(C)(C)CC(O)(Cn4cc(Cl)c(=O)c5cnccc54)C(F)F)c2)OCC3)n1. The molecule has 5 rings (SSSR count). The minimum absolute atomic E-state index is 0.133. The molecule has 0 saturated heterocycles. The number of pyridine rings is 3. The molecule has 1 aliphatic heterocycles. The van der Waals surface area contributed by atoms with Crippen LogP contribution < -0.4 is 10.2 Å². The van der Waals surface area contributed by atoms with Gasteiger partial charge in [-0.15, -0.1) is 0 Å². The number of halogens is 3. The molecule has 4 aromatic rings. The zero-order valence-electron chi connectivity index (χ0n) is 21.3. The molecule has 1 aliphatic rings. The minimum atomic E-state index is -3.08. The van der Waals surface area contributed by atoms with Crippen molar-refractivity contribution in [1.82, 2.24) is 14.5 Å². The molecule has 6 nitrogen and oxygen atoms in total. The van der Waals surface area contributed by atoms with Crippen molar-refractivity contribution in [1.29, 1.82) is 0 Å². The first-order valence-electron chi connectivity index (χ1n) is 12.4. The van der Waals surface area contributed by atoms with Gasteiger partial charge in [-0.25, -0.2) is 8.78 Å². The summed E-state index contributed by atoms with van der Waals surface area (Å²) in [4.78, 5) is 21.1. The number of aromatic nitrogens is 3. The highest BCUT2D eigenvalue weighted by Crippen LogP contribution is 2.45. The first-order chi connectivity index (χ1) is 18.0. The molecule has 3 aromatic heterocycles. The van der Waals surface area contributed by atoms with E-state index in [1.54, 1.807) is 6.07 Å². The van der Waals surface area contributed by atoms with Gasteiger partial charge in [0.25, 0.3) is 6.43 Å². The van der Waals surface area contributed by atoms with Crippen LogP contribution in [-0.4, -0.2) is 38.3 Å². The second-order valence-electron chi connectivity index (χ2n) is 10.6. The standard InChI is InChI=1S/C29H28ClF2N3O3/c1-17-5-4-6-23(34-17)19-11-18-8-10-38-26(18)21(12-19)28(2,3)15-29(37,27(31)32)16-35-14-22(30)25(36)20-13-33-9-7-24(20)35/h4-7,9,11-14,27,37H,8,10,15-16H2,1-3H3. The van der Waals surface area contributed by atoms with Gasteiger partial charge in [-0.3, -0.25) is 14.8 Å². The van der Waals surface area contributed by atoms with E-state index in [1.807, 2.05) is 51.1 Å². The van der Waals surface area contributed by atoms with E-state index < -0.39 is 29.4 Å². The summed E-state index contributed by atoms with van der Waals surface area (Å²) in [5.74, 6) is 0.672. The van der Waals surface area contributed by atoms with Crippen molar-refractivity contribution in [2.24, 2.45) is 0 Å². The summed E-state index contributed by atoms with van der Waals surface area (Å²) in [5, 5.41) is 11.5. The lowest BCUT2D eigenvalue weighted by Crippen LogP contribution is -2.46. The lowest BCUT2D eigenvalue weighted by Gasteiger charge is -2.37. The Kier molecular flexibility index (Phi) is 6.73. The summed E-state index contributed by atoms with van der Waals surface area (Å²) in [6.45, 7) is 5.59. The molecule has 9 heteroatoms. The third-order valence-corrected chi connectivity index (χ3v) is 7.40. The maximum absolute atomic E-state index is 14.6. The average Bonchev–Trinajstić information content (AvgIpc) is 3.35. The molecule has 0 spiro atoms. The van der Waals surface area contributed by atoms with Gasteiger partial charge >= 0.3 is 0 Å². The van der Waals surface area contributed by atoms with Gasteiger partial charge in [0.2, 0.25) is 5.43 Å². The summed E-state index contributed by atoms with van der Waals surface area (Å²) >= 11 is 6.13. The van der Waals surface area contributed by atoms with Crippen molar-refractivity contribution >= 4 is 22.5 Å². The van der Waals surface area contributed by atoms with Gasteiger partial charge in [-0.2, -0.15) is 0 Å². The molecule has 4 heterocycles. The number of aliphatic hydroxyl groups is 1. The molecule has 1 unspecified atom stereocenters. The number of fused-ring (bicyclic) bond motifs is 2. The highest BCUT2D eigenvalue weighted by atomic mass is 35.5. The molecule has 0 radical (unpaired) electrons. The van der Waals surface area contributed by atoms with Crippen molar-refractivity contribution in [2.45, 2.75) is 57.6 Å². The van der Waals surface area contributed by atoms with Crippen molar-refractivity contribution in [2.75, 3.05) is 6.61 Å². The van der Waals surface area contributed by atoms with Crippen LogP contribution in [0.4, 0.5) is 8.78 Å². The maximum atomic E-state index is 14.6. The predicted octanol–water partition coefficient (Wildman–Crippen LogP) is 5.72. The van der Waals surface area contributed by atoms with Crippen LogP contribution in [-0.2, 0) is 18.4 Å². The van der Waals surface area contributed by atoms with Crippen molar-refractivity contribution in [3.05, 3.63) is 87.1 Å². The molecule has 0 fully saturated rings. The number of nitrogens with zero attached hydrogens (tertiary/aromatic N) is 3. The van der Waals surface area contributed by atoms with E-state index in [9.17, 15) is 18.7 Å². The quantitative estimate of drug-likeness (QED) is 0.325. The fourth-order valence-corrected chi connectivity index (χ4v) is 5.58.